The van der Waals surface area contributed by atoms with Gasteiger partial charge in [0.2, 0.25) is 0 Å². The van der Waals surface area contributed by atoms with Crippen LogP contribution in [0.5, 0.6) is 0 Å². The lowest BCUT2D eigenvalue weighted by molar-refractivity contribution is 0.0687. The van der Waals surface area contributed by atoms with E-state index in [1.807, 2.05) is 26.0 Å². The minimum Gasteiger partial charge on any atom is -0.476 e. The van der Waals surface area contributed by atoms with Gasteiger partial charge in [0.15, 0.2) is 5.69 Å². The zero-order valence-corrected chi connectivity index (χ0v) is 11.6. The van der Waals surface area contributed by atoms with Gasteiger partial charge in [-0.05, 0) is 38.3 Å². The maximum Gasteiger partial charge on any atom is 0.358 e. The molecule has 1 heterocycles. The zero-order valence-electron chi connectivity index (χ0n) is 11.6. The molecule has 1 aromatic carbocycles. The van der Waals surface area contributed by atoms with Gasteiger partial charge in [-0.2, -0.15) is 0 Å². The number of aromatic carboxylic acids is 1. The molecule has 0 spiro atoms. The summed E-state index contributed by atoms with van der Waals surface area (Å²) >= 11 is 0. The standard InChI is InChI=1S/C15H17N3O2/c1-9-6-7-12(10(2)8-9)18-14(11-4-3-5-11)13(15(19)20)16-17-18/h6-8,11H,3-5H2,1-2H3,(H,19,20). The van der Waals surface area contributed by atoms with Crippen LogP contribution in [0.25, 0.3) is 5.69 Å². The molecule has 3 rings (SSSR count). The third-order valence-corrected chi connectivity index (χ3v) is 3.98. The van der Waals surface area contributed by atoms with E-state index in [0.29, 0.717) is 0 Å². The Morgan fingerprint density at radius 2 is 2.10 bits per heavy atom. The molecule has 0 atom stereocenters. The van der Waals surface area contributed by atoms with E-state index in [-0.39, 0.29) is 11.6 Å². The van der Waals surface area contributed by atoms with Crippen molar-refractivity contribution in [1.82, 2.24) is 15.0 Å². The fourth-order valence-electron chi connectivity index (χ4n) is 2.71. The molecule has 1 aliphatic carbocycles. The van der Waals surface area contributed by atoms with Gasteiger partial charge in [-0.25, -0.2) is 9.48 Å². The molecule has 0 amide bonds. The summed E-state index contributed by atoms with van der Waals surface area (Å²) in [5.41, 5.74) is 4.00. The SMILES string of the molecule is Cc1ccc(-n2nnc(C(=O)O)c2C2CCC2)c(C)c1. The van der Waals surface area contributed by atoms with Gasteiger partial charge in [-0.3, -0.25) is 0 Å². The predicted molar refractivity (Wildman–Crippen MR) is 74.4 cm³/mol. The van der Waals surface area contributed by atoms with Gasteiger partial charge in [0.25, 0.3) is 0 Å². The van der Waals surface area contributed by atoms with Crippen LogP contribution in [-0.2, 0) is 0 Å². The Morgan fingerprint density at radius 3 is 2.65 bits per heavy atom. The number of aromatic nitrogens is 3. The lowest BCUT2D eigenvalue weighted by Crippen LogP contribution is -2.18. The fraction of sp³-hybridized carbons (Fsp3) is 0.400. The molecule has 2 aromatic rings. The van der Waals surface area contributed by atoms with E-state index in [1.54, 1.807) is 4.68 Å². The van der Waals surface area contributed by atoms with Crippen molar-refractivity contribution < 1.29 is 9.90 Å². The Bertz CT molecular complexity index is 672. The van der Waals surface area contributed by atoms with Gasteiger partial charge in [0.1, 0.15) is 0 Å². The molecule has 20 heavy (non-hydrogen) atoms. The third-order valence-electron chi connectivity index (χ3n) is 3.98. The third kappa shape index (κ3) is 1.99. The molecule has 0 unspecified atom stereocenters. The second-order valence-electron chi connectivity index (χ2n) is 5.46. The van der Waals surface area contributed by atoms with Crippen molar-refractivity contribution in [3.05, 3.63) is 40.7 Å². The van der Waals surface area contributed by atoms with Gasteiger partial charge in [-0.1, -0.05) is 29.3 Å². The molecule has 1 aromatic heterocycles. The highest BCUT2D eigenvalue weighted by Gasteiger charge is 2.31. The highest BCUT2D eigenvalue weighted by molar-refractivity contribution is 5.87. The number of carbonyl (C=O) groups is 1. The summed E-state index contributed by atoms with van der Waals surface area (Å²) in [6.45, 7) is 4.04. The number of hydrogen-bond donors (Lipinski definition) is 1. The van der Waals surface area contributed by atoms with Crippen LogP contribution < -0.4 is 0 Å². The van der Waals surface area contributed by atoms with Crippen LogP contribution in [0.15, 0.2) is 18.2 Å². The van der Waals surface area contributed by atoms with Crippen LogP contribution >= 0.6 is 0 Å². The minimum atomic E-state index is -0.997. The first-order valence-corrected chi connectivity index (χ1v) is 6.84. The van der Waals surface area contributed by atoms with E-state index >= 15 is 0 Å². The topological polar surface area (TPSA) is 68.0 Å². The largest absolute Gasteiger partial charge is 0.476 e. The molecular weight excluding hydrogens is 254 g/mol. The number of nitrogens with zero attached hydrogens (tertiary/aromatic N) is 3. The Kier molecular flexibility index (Phi) is 3.04. The van der Waals surface area contributed by atoms with Crippen LogP contribution in [-0.4, -0.2) is 26.1 Å². The van der Waals surface area contributed by atoms with Crippen LogP contribution in [0.4, 0.5) is 0 Å². The summed E-state index contributed by atoms with van der Waals surface area (Å²) in [4.78, 5) is 11.3. The van der Waals surface area contributed by atoms with E-state index in [9.17, 15) is 9.90 Å². The van der Waals surface area contributed by atoms with Crippen molar-refractivity contribution in [1.29, 1.82) is 0 Å². The normalized spacial score (nSPS) is 15.1. The summed E-state index contributed by atoms with van der Waals surface area (Å²) < 4.78 is 1.71. The molecule has 1 aliphatic rings. The smallest absolute Gasteiger partial charge is 0.358 e. The highest BCUT2D eigenvalue weighted by atomic mass is 16.4. The number of hydrogen-bond acceptors (Lipinski definition) is 3. The van der Waals surface area contributed by atoms with E-state index < -0.39 is 5.97 Å². The molecule has 0 radical (unpaired) electrons. The van der Waals surface area contributed by atoms with E-state index in [2.05, 4.69) is 16.4 Å². The summed E-state index contributed by atoms with van der Waals surface area (Å²) in [5.74, 6) is -0.736. The van der Waals surface area contributed by atoms with Crippen molar-refractivity contribution >= 4 is 5.97 Å². The second-order valence-corrected chi connectivity index (χ2v) is 5.46. The maximum absolute atomic E-state index is 11.3. The van der Waals surface area contributed by atoms with Gasteiger partial charge < -0.3 is 5.11 Å². The monoisotopic (exact) mass is 271 g/mol. The Morgan fingerprint density at radius 1 is 1.35 bits per heavy atom. The summed E-state index contributed by atoms with van der Waals surface area (Å²) in [6.07, 6.45) is 3.17. The van der Waals surface area contributed by atoms with Crippen LogP contribution in [0.1, 0.15) is 52.5 Å². The molecule has 5 heteroatoms. The molecule has 1 N–H and O–H groups in total. The van der Waals surface area contributed by atoms with Crippen LogP contribution in [0, 0.1) is 13.8 Å². The lowest BCUT2D eigenvalue weighted by Gasteiger charge is -2.26. The molecule has 0 aliphatic heterocycles. The Labute approximate surface area is 117 Å². The molecule has 0 saturated heterocycles. The molecular formula is C15H17N3O2. The molecule has 0 bridgehead atoms. The van der Waals surface area contributed by atoms with Crippen molar-refractivity contribution in [2.45, 2.75) is 39.0 Å². The molecule has 5 nitrogen and oxygen atoms in total. The number of rotatable bonds is 3. The van der Waals surface area contributed by atoms with E-state index in [1.165, 1.54) is 5.56 Å². The number of carboxylic acids is 1. The average molecular weight is 271 g/mol. The summed E-state index contributed by atoms with van der Waals surface area (Å²) in [5, 5.41) is 17.3. The second kappa shape index (κ2) is 4.74. The predicted octanol–water partition coefficient (Wildman–Crippen LogP) is 2.85. The first-order valence-electron chi connectivity index (χ1n) is 6.84. The molecule has 1 saturated carbocycles. The average Bonchev–Trinajstić information content (AvgIpc) is 2.71. The van der Waals surface area contributed by atoms with Gasteiger partial charge >= 0.3 is 5.97 Å². The Hall–Kier alpha value is -2.17. The number of aryl methyl sites for hydroxylation is 2. The zero-order chi connectivity index (χ0) is 14.3. The maximum atomic E-state index is 11.3. The summed E-state index contributed by atoms with van der Waals surface area (Å²) in [6, 6.07) is 6.06. The van der Waals surface area contributed by atoms with Crippen LogP contribution in [0.2, 0.25) is 0 Å². The van der Waals surface area contributed by atoms with Crippen LogP contribution in [0.3, 0.4) is 0 Å². The van der Waals surface area contributed by atoms with Crippen molar-refractivity contribution in [2.75, 3.05) is 0 Å². The first-order chi connectivity index (χ1) is 9.58. The summed E-state index contributed by atoms with van der Waals surface area (Å²) in [7, 11) is 0. The van der Waals surface area contributed by atoms with Crippen molar-refractivity contribution in [3.8, 4) is 5.69 Å². The number of carboxylic acid groups (broad SMARTS) is 1. The number of benzene rings is 1. The van der Waals surface area contributed by atoms with Gasteiger partial charge in [0.05, 0.1) is 11.4 Å². The van der Waals surface area contributed by atoms with Gasteiger partial charge in [-0.15, -0.1) is 5.10 Å². The minimum absolute atomic E-state index is 0.0923. The van der Waals surface area contributed by atoms with Crippen molar-refractivity contribution in [2.24, 2.45) is 0 Å². The molecule has 104 valence electrons. The van der Waals surface area contributed by atoms with E-state index in [4.69, 9.17) is 0 Å². The Balaban J connectivity index is 2.15. The quantitative estimate of drug-likeness (QED) is 0.932. The van der Waals surface area contributed by atoms with Gasteiger partial charge in [0, 0.05) is 5.92 Å². The lowest BCUT2D eigenvalue weighted by atomic mass is 9.82. The fourth-order valence-corrected chi connectivity index (χ4v) is 2.71. The highest BCUT2D eigenvalue weighted by Crippen LogP contribution is 2.38. The van der Waals surface area contributed by atoms with Crippen molar-refractivity contribution in [3.63, 3.8) is 0 Å². The van der Waals surface area contributed by atoms with E-state index in [0.717, 1.165) is 36.2 Å². The first kappa shape index (κ1) is 12.8. The molecule has 1 fully saturated rings.